The maximum Gasteiger partial charge on any atom is 0.247 e. The van der Waals surface area contributed by atoms with Gasteiger partial charge in [0.1, 0.15) is 10.6 Å². The predicted molar refractivity (Wildman–Crippen MR) is 113 cm³/mol. The topological polar surface area (TPSA) is 55.2 Å². The average molecular weight is 416 g/mol. The Morgan fingerprint density at radius 1 is 1.07 bits per heavy atom. The molecule has 0 saturated carbocycles. The molecule has 148 valence electrons. The minimum Gasteiger partial charge on any atom is -0.266 e. The molecule has 28 heavy (non-hydrogen) atoms. The van der Waals surface area contributed by atoms with Crippen LogP contribution in [0.5, 0.6) is 0 Å². The monoisotopic (exact) mass is 415 g/mol. The number of hydrogen-bond donors (Lipinski definition) is 0. The smallest absolute Gasteiger partial charge is 0.247 e. The second kappa shape index (κ2) is 7.81. The van der Waals surface area contributed by atoms with Crippen LogP contribution in [-0.2, 0) is 16.6 Å². The van der Waals surface area contributed by atoms with Crippen LogP contribution in [0.15, 0.2) is 58.9 Å². The Morgan fingerprint density at radius 2 is 1.79 bits per heavy atom. The maximum atomic E-state index is 13.7. The van der Waals surface area contributed by atoms with E-state index in [0.29, 0.717) is 17.1 Å². The van der Waals surface area contributed by atoms with E-state index in [1.807, 2.05) is 61.7 Å². The van der Waals surface area contributed by atoms with Crippen molar-refractivity contribution in [3.8, 4) is 10.6 Å². The molecule has 7 heteroatoms. The van der Waals surface area contributed by atoms with E-state index in [9.17, 15) is 8.42 Å². The zero-order chi connectivity index (χ0) is 19.7. The molecule has 4 rings (SSSR count). The third-order valence-electron chi connectivity index (χ3n) is 5.34. The van der Waals surface area contributed by atoms with Gasteiger partial charge < -0.3 is 0 Å². The van der Waals surface area contributed by atoms with Gasteiger partial charge in [0, 0.05) is 18.3 Å². The van der Waals surface area contributed by atoms with Crippen molar-refractivity contribution in [1.29, 1.82) is 0 Å². The molecule has 0 bridgehead atoms. The molecular weight excluding hydrogens is 390 g/mol. The fourth-order valence-corrected chi connectivity index (χ4v) is 6.84. The van der Waals surface area contributed by atoms with Gasteiger partial charge in [-0.2, -0.15) is 9.40 Å². The molecule has 0 amide bonds. The van der Waals surface area contributed by atoms with Gasteiger partial charge in [-0.15, -0.1) is 11.3 Å². The first-order valence-electron chi connectivity index (χ1n) is 9.65. The molecule has 1 aliphatic rings. The standard InChI is InChI=1S/C21H25N3O2S2/c1-16-8-6-9-17(2)24(16)28(25,26)20-15-23(14-18-10-4-3-5-11-18)22-21(20)19-12-7-13-27-19/h3-5,7,10-13,15-17H,6,8-9,14H2,1-2H3. The molecule has 2 unspecified atom stereocenters. The SMILES string of the molecule is CC1CCCC(C)N1S(=O)(=O)c1cn(Cc2ccccc2)nc1-c1cccs1. The Bertz CT molecular complexity index is 1020. The Hall–Kier alpha value is -1.96. The average Bonchev–Trinajstić information content (AvgIpc) is 3.32. The summed E-state index contributed by atoms with van der Waals surface area (Å²) in [4.78, 5) is 1.19. The summed E-state index contributed by atoms with van der Waals surface area (Å²) in [5.74, 6) is 0. The van der Waals surface area contributed by atoms with Gasteiger partial charge in [-0.1, -0.05) is 42.8 Å². The van der Waals surface area contributed by atoms with E-state index in [1.54, 1.807) is 15.2 Å². The summed E-state index contributed by atoms with van der Waals surface area (Å²) in [7, 11) is -3.63. The van der Waals surface area contributed by atoms with E-state index in [0.717, 1.165) is 29.7 Å². The maximum absolute atomic E-state index is 13.7. The molecule has 5 nitrogen and oxygen atoms in total. The Labute approximate surface area is 170 Å². The van der Waals surface area contributed by atoms with Gasteiger partial charge in [0.15, 0.2) is 0 Å². The highest BCUT2D eigenvalue weighted by Crippen LogP contribution is 2.35. The van der Waals surface area contributed by atoms with Gasteiger partial charge in [-0.05, 0) is 43.7 Å². The van der Waals surface area contributed by atoms with Gasteiger partial charge in [0.2, 0.25) is 10.0 Å². The number of rotatable bonds is 5. The normalized spacial score (nSPS) is 21.1. The third-order valence-corrected chi connectivity index (χ3v) is 8.34. The summed E-state index contributed by atoms with van der Waals surface area (Å²) in [5.41, 5.74) is 1.64. The van der Waals surface area contributed by atoms with Crippen molar-refractivity contribution in [2.24, 2.45) is 0 Å². The van der Waals surface area contributed by atoms with E-state index in [1.165, 1.54) is 11.3 Å². The van der Waals surface area contributed by atoms with Crippen LogP contribution in [0.3, 0.4) is 0 Å². The van der Waals surface area contributed by atoms with Crippen LogP contribution < -0.4 is 0 Å². The third kappa shape index (κ3) is 3.66. The molecule has 1 fully saturated rings. The van der Waals surface area contributed by atoms with E-state index in [2.05, 4.69) is 5.10 Å². The second-order valence-corrected chi connectivity index (χ2v) is 10.2. The molecule has 1 saturated heterocycles. The fraction of sp³-hybridized carbons (Fsp3) is 0.381. The molecule has 2 aromatic heterocycles. The Morgan fingerprint density at radius 3 is 2.43 bits per heavy atom. The zero-order valence-corrected chi connectivity index (χ0v) is 17.8. The number of sulfonamides is 1. The highest BCUT2D eigenvalue weighted by atomic mass is 32.2. The van der Waals surface area contributed by atoms with E-state index in [4.69, 9.17) is 0 Å². The molecule has 3 aromatic rings. The Balaban J connectivity index is 1.78. The summed E-state index contributed by atoms with van der Waals surface area (Å²) in [6, 6.07) is 13.8. The van der Waals surface area contributed by atoms with Crippen LogP contribution in [0, 0.1) is 0 Å². The van der Waals surface area contributed by atoms with Gasteiger partial charge in [0.05, 0.1) is 11.4 Å². The first-order chi connectivity index (χ1) is 13.5. The number of hydrogen-bond acceptors (Lipinski definition) is 4. The van der Waals surface area contributed by atoms with Crippen molar-refractivity contribution < 1.29 is 8.42 Å². The first kappa shape index (κ1) is 19.4. The Kier molecular flexibility index (Phi) is 5.40. The molecular formula is C21H25N3O2S2. The minimum absolute atomic E-state index is 0.00223. The van der Waals surface area contributed by atoms with E-state index < -0.39 is 10.0 Å². The van der Waals surface area contributed by atoms with Gasteiger partial charge in [0.25, 0.3) is 0 Å². The second-order valence-electron chi connectivity index (χ2n) is 7.47. The summed E-state index contributed by atoms with van der Waals surface area (Å²) in [6.07, 6.45) is 4.57. The number of benzene rings is 1. The lowest BCUT2D eigenvalue weighted by atomic mass is 10.0. The van der Waals surface area contributed by atoms with Crippen LogP contribution in [0.4, 0.5) is 0 Å². The van der Waals surface area contributed by atoms with E-state index >= 15 is 0 Å². The summed E-state index contributed by atoms with van der Waals surface area (Å²) < 4.78 is 30.8. The molecule has 0 radical (unpaired) electrons. The van der Waals surface area contributed by atoms with Gasteiger partial charge in [-0.3, -0.25) is 4.68 Å². The summed E-state index contributed by atoms with van der Waals surface area (Å²) in [6.45, 7) is 4.55. The molecule has 1 aromatic carbocycles. The van der Waals surface area contributed by atoms with Crippen LogP contribution in [0.1, 0.15) is 38.7 Å². The fourth-order valence-electron chi connectivity index (χ4n) is 4.01. The highest BCUT2D eigenvalue weighted by molar-refractivity contribution is 7.89. The zero-order valence-electron chi connectivity index (χ0n) is 16.2. The molecule has 0 spiro atoms. The highest BCUT2D eigenvalue weighted by Gasteiger charge is 2.38. The van der Waals surface area contributed by atoms with Crippen LogP contribution in [0.25, 0.3) is 10.6 Å². The van der Waals surface area contributed by atoms with Crippen LogP contribution in [-0.4, -0.2) is 34.6 Å². The van der Waals surface area contributed by atoms with Crippen LogP contribution >= 0.6 is 11.3 Å². The van der Waals surface area contributed by atoms with Crippen molar-refractivity contribution in [1.82, 2.24) is 14.1 Å². The largest absolute Gasteiger partial charge is 0.266 e. The first-order valence-corrected chi connectivity index (χ1v) is 12.0. The van der Waals surface area contributed by atoms with E-state index in [-0.39, 0.29) is 12.1 Å². The van der Waals surface area contributed by atoms with Crippen molar-refractivity contribution in [3.63, 3.8) is 0 Å². The summed E-state index contributed by atoms with van der Waals surface area (Å²) in [5, 5.41) is 6.63. The lowest BCUT2D eigenvalue weighted by Crippen LogP contribution is -2.47. The van der Waals surface area contributed by atoms with Crippen molar-refractivity contribution in [2.45, 2.75) is 56.6 Å². The van der Waals surface area contributed by atoms with Crippen LogP contribution in [0.2, 0.25) is 0 Å². The predicted octanol–water partition coefficient (Wildman–Crippen LogP) is 4.61. The molecule has 0 N–H and O–H groups in total. The van der Waals surface area contributed by atoms with Crippen molar-refractivity contribution in [2.75, 3.05) is 0 Å². The van der Waals surface area contributed by atoms with Crippen molar-refractivity contribution >= 4 is 21.4 Å². The van der Waals surface area contributed by atoms with Gasteiger partial charge in [-0.25, -0.2) is 8.42 Å². The number of thiophene rings is 1. The number of nitrogens with zero attached hydrogens (tertiary/aromatic N) is 3. The van der Waals surface area contributed by atoms with Crippen molar-refractivity contribution in [3.05, 3.63) is 59.6 Å². The molecule has 0 aliphatic carbocycles. The molecule has 1 aliphatic heterocycles. The lowest BCUT2D eigenvalue weighted by molar-refractivity contribution is 0.204. The number of aromatic nitrogens is 2. The molecule has 3 heterocycles. The molecule has 2 atom stereocenters. The summed E-state index contributed by atoms with van der Waals surface area (Å²) >= 11 is 1.52. The minimum atomic E-state index is -3.63. The number of piperidine rings is 1. The lowest BCUT2D eigenvalue weighted by Gasteiger charge is -2.37. The van der Waals surface area contributed by atoms with Gasteiger partial charge >= 0.3 is 0 Å². The quantitative estimate of drug-likeness (QED) is 0.611.